The van der Waals surface area contributed by atoms with E-state index in [1.807, 2.05) is 0 Å². The van der Waals surface area contributed by atoms with Crippen LogP contribution in [0.5, 0.6) is 0 Å². The molecule has 2 amide bonds. The second kappa shape index (κ2) is 12.3. The summed E-state index contributed by atoms with van der Waals surface area (Å²) in [5, 5.41) is 7.72. The molecule has 0 aliphatic rings. The number of aromatic nitrogens is 1. The van der Waals surface area contributed by atoms with Crippen LogP contribution < -0.4 is 10.9 Å². The molecule has 1 heterocycles. The van der Waals surface area contributed by atoms with Crippen molar-refractivity contribution in [3.63, 3.8) is 0 Å². The third-order valence-corrected chi connectivity index (χ3v) is 4.64. The van der Waals surface area contributed by atoms with Gasteiger partial charge in [-0.05, 0) is 47.5 Å². The fraction of sp³-hybridized carbons (Fsp3) is 0.0800. The molecule has 3 rings (SSSR count). The summed E-state index contributed by atoms with van der Waals surface area (Å²) in [6.45, 7) is 0. The van der Waals surface area contributed by atoms with E-state index in [1.165, 1.54) is 44.8 Å². The molecule has 0 fully saturated rings. The van der Waals surface area contributed by atoms with E-state index in [4.69, 9.17) is 0 Å². The number of methoxy groups -OCH3 is 2. The lowest BCUT2D eigenvalue weighted by atomic mass is 10.1. The summed E-state index contributed by atoms with van der Waals surface area (Å²) >= 11 is 0. The second-order valence-electron chi connectivity index (χ2n) is 7.03. The van der Waals surface area contributed by atoms with Crippen molar-refractivity contribution in [3.05, 3.63) is 100 Å². The van der Waals surface area contributed by atoms with Crippen molar-refractivity contribution in [2.75, 3.05) is 14.2 Å². The fourth-order valence-electron chi connectivity index (χ4n) is 2.78. The van der Waals surface area contributed by atoms with E-state index in [0.29, 0.717) is 22.3 Å². The molecule has 36 heavy (non-hydrogen) atoms. The molecule has 0 unspecified atom stereocenters. The zero-order valence-corrected chi connectivity index (χ0v) is 19.3. The molecule has 182 valence electrons. The number of hydrazone groups is 2. The van der Waals surface area contributed by atoms with Crippen LogP contribution in [0.2, 0.25) is 0 Å². The summed E-state index contributed by atoms with van der Waals surface area (Å²) in [4.78, 5) is 51.6. The lowest BCUT2D eigenvalue weighted by molar-refractivity contribution is 0.0592. The Hall–Kier alpha value is -5.19. The molecular formula is C25H21N5O6. The molecule has 0 aliphatic carbocycles. The summed E-state index contributed by atoms with van der Waals surface area (Å²) in [6, 6.07) is 17.2. The Morgan fingerprint density at radius 3 is 1.42 bits per heavy atom. The van der Waals surface area contributed by atoms with Gasteiger partial charge in [0.1, 0.15) is 11.4 Å². The molecule has 0 atom stereocenters. The molecule has 0 spiro atoms. The van der Waals surface area contributed by atoms with Crippen LogP contribution in [0.15, 0.2) is 76.9 Å². The number of hydrogen-bond acceptors (Lipinski definition) is 9. The SMILES string of the molecule is COC(=O)c1ccc(/C=N/NC(=O)c2cccc(C(=O)N/N=C/c3ccc(C(=O)OC)cc3)n2)cc1. The largest absolute Gasteiger partial charge is 0.465 e. The highest BCUT2D eigenvalue weighted by Crippen LogP contribution is 2.05. The van der Waals surface area contributed by atoms with E-state index in [1.54, 1.807) is 48.5 Å². The van der Waals surface area contributed by atoms with Crippen molar-refractivity contribution in [1.82, 2.24) is 15.8 Å². The van der Waals surface area contributed by atoms with Gasteiger partial charge in [0.05, 0.1) is 37.8 Å². The maximum atomic E-state index is 12.3. The molecule has 1 aromatic heterocycles. The number of ether oxygens (including phenoxy) is 2. The molecule has 11 heteroatoms. The van der Waals surface area contributed by atoms with Gasteiger partial charge < -0.3 is 9.47 Å². The smallest absolute Gasteiger partial charge is 0.337 e. The predicted octanol–water partition coefficient (Wildman–Crippen LogP) is 2.18. The molecule has 0 saturated heterocycles. The molecule has 0 saturated carbocycles. The minimum absolute atomic E-state index is 0.0248. The normalized spacial score (nSPS) is 10.7. The van der Waals surface area contributed by atoms with Gasteiger partial charge in [-0.3, -0.25) is 9.59 Å². The van der Waals surface area contributed by atoms with Crippen LogP contribution in [0.25, 0.3) is 0 Å². The van der Waals surface area contributed by atoms with E-state index in [0.717, 1.165) is 0 Å². The molecule has 3 aromatic rings. The molecule has 0 radical (unpaired) electrons. The van der Waals surface area contributed by atoms with Crippen molar-refractivity contribution in [2.24, 2.45) is 10.2 Å². The standard InChI is InChI=1S/C25H21N5O6/c1-35-24(33)18-10-6-16(7-11-18)14-26-29-22(31)20-4-3-5-21(28-20)23(32)30-27-15-17-8-12-19(13-9-17)25(34)36-2/h3-15H,1-2H3,(H,29,31)(H,30,32)/b26-14+,27-15+. The van der Waals surface area contributed by atoms with Crippen LogP contribution in [0.3, 0.4) is 0 Å². The van der Waals surface area contributed by atoms with Gasteiger partial charge in [0.2, 0.25) is 0 Å². The predicted molar refractivity (Wildman–Crippen MR) is 130 cm³/mol. The van der Waals surface area contributed by atoms with Gasteiger partial charge in [-0.15, -0.1) is 0 Å². The summed E-state index contributed by atoms with van der Waals surface area (Å²) in [5.74, 6) is -2.16. The third-order valence-electron chi connectivity index (χ3n) is 4.64. The van der Waals surface area contributed by atoms with Gasteiger partial charge in [0.25, 0.3) is 11.8 Å². The highest BCUT2D eigenvalue weighted by molar-refractivity contribution is 5.97. The number of esters is 2. The Morgan fingerprint density at radius 1 is 0.667 bits per heavy atom. The number of nitrogens with zero attached hydrogens (tertiary/aromatic N) is 3. The number of carbonyl (C=O) groups is 4. The summed E-state index contributed by atoms with van der Waals surface area (Å²) in [5.41, 5.74) is 6.66. The Kier molecular flexibility index (Phi) is 8.71. The van der Waals surface area contributed by atoms with Crippen molar-refractivity contribution < 1.29 is 28.7 Å². The van der Waals surface area contributed by atoms with Gasteiger partial charge >= 0.3 is 11.9 Å². The van der Waals surface area contributed by atoms with Crippen LogP contribution in [0, 0.1) is 0 Å². The second-order valence-corrected chi connectivity index (χ2v) is 7.03. The zero-order chi connectivity index (χ0) is 25.9. The van der Waals surface area contributed by atoms with Gasteiger partial charge in [0, 0.05) is 0 Å². The average Bonchev–Trinajstić information content (AvgIpc) is 2.92. The van der Waals surface area contributed by atoms with Crippen molar-refractivity contribution in [2.45, 2.75) is 0 Å². The first-order chi connectivity index (χ1) is 17.4. The van der Waals surface area contributed by atoms with Crippen molar-refractivity contribution >= 4 is 36.2 Å². The highest BCUT2D eigenvalue weighted by Gasteiger charge is 2.12. The quantitative estimate of drug-likeness (QED) is 0.281. The van der Waals surface area contributed by atoms with Crippen LogP contribution >= 0.6 is 0 Å². The van der Waals surface area contributed by atoms with Gasteiger partial charge in [0.15, 0.2) is 0 Å². The number of benzene rings is 2. The molecule has 2 aromatic carbocycles. The van der Waals surface area contributed by atoms with Crippen LogP contribution in [-0.4, -0.2) is 55.4 Å². The number of pyridine rings is 1. The van der Waals surface area contributed by atoms with Gasteiger partial charge in [-0.1, -0.05) is 30.3 Å². The Labute approximate surface area is 205 Å². The minimum Gasteiger partial charge on any atom is -0.465 e. The fourth-order valence-corrected chi connectivity index (χ4v) is 2.78. The minimum atomic E-state index is -0.624. The highest BCUT2D eigenvalue weighted by atomic mass is 16.5. The van der Waals surface area contributed by atoms with E-state index in [-0.39, 0.29) is 11.4 Å². The van der Waals surface area contributed by atoms with Gasteiger partial charge in [-0.25, -0.2) is 25.4 Å². The summed E-state index contributed by atoms with van der Waals surface area (Å²) < 4.78 is 9.27. The Bertz CT molecular complexity index is 1220. The lowest BCUT2D eigenvalue weighted by Crippen LogP contribution is -2.23. The third kappa shape index (κ3) is 6.90. The first-order valence-corrected chi connectivity index (χ1v) is 10.4. The van der Waals surface area contributed by atoms with Crippen LogP contribution in [0.1, 0.15) is 52.8 Å². The van der Waals surface area contributed by atoms with E-state index < -0.39 is 23.8 Å². The average molecular weight is 487 g/mol. The topological polar surface area (TPSA) is 148 Å². The number of amides is 2. The lowest BCUT2D eigenvalue weighted by Gasteiger charge is -2.03. The Balaban J connectivity index is 1.56. The Morgan fingerprint density at radius 2 is 1.06 bits per heavy atom. The summed E-state index contributed by atoms with van der Waals surface area (Å²) in [6.07, 6.45) is 2.78. The number of carbonyl (C=O) groups excluding carboxylic acids is 4. The molecule has 11 nitrogen and oxygen atoms in total. The zero-order valence-electron chi connectivity index (χ0n) is 19.3. The van der Waals surface area contributed by atoms with Crippen molar-refractivity contribution in [1.29, 1.82) is 0 Å². The van der Waals surface area contributed by atoms with Crippen LogP contribution in [-0.2, 0) is 9.47 Å². The molecular weight excluding hydrogens is 466 g/mol. The van der Waals surface area contributed by atoms with E-state index in [2.05, 4.69) is 35.5 Å². The molecule has 2 N–H and O–H groups in total. The number of nitrogens with one attached hydrogen (secondary N) is 2. The van der Waals surface area contributed by atoms with E-state index >= 15 is 0 Å². The number of rotatable bonds is 8. The molecule has 0 aliphatic heterocycles. The maximum absolute atomic E-state index is 12.3. The first kappa shape index (κ1) is 25.4. The molecule has 0 bridgehead atoms. The maximum Gasteiger partial charge on any atom is 0.337 e. The first-order valence-electron chi connectivity index (χ1n) is 10.4. The van der Waals surface area contributed by atoms with Crippen molar-refractivity contribution in [3.8, 4) is 0 Å². The number of hydrogen-bond donors (Lipinski definition) is 2. The summed E-state index contributed by atoms with van der Waals surface area (Å²) in [7, 11) is 2.59. The van der Waals surface area contributed by atoms with Gasteiger partial charge in [-0.2, -0.15) is 10.2 Å². The van der Waals surface area contributed by atoms with E-state index in [9.17, 15) is 19.2 Å². The monoisotopic (exact) mass is 487 g/mol. The van der Waals surface area contributed by atoms with Crippen LogP contribution in [0.4, 0.5) is 0 Å².